The first-order valence-corrected chi connectivity index (χ1v) is 11.8. The molecule has 2 fully saturated rings. The predicted molar refractivity (Wildman–Crippen MR) is 127 cm³/mol. The van der Waals surface area contributed by atoms with Gasteiger partial charge < -0.3 is 24.8 Å². The highest BCUT2D eigenvalue weighted by molar-refractivity contribution is 5.95. The second-order valence-corrected chi connectivity index (χ2v) is 9.41. The summed E-state index contributed by atoms with van der Waals surface area (Å²) in [6.07, 6.45) is 3.22. The van der Waals surface area contributed by atoms with E-state index in [2.05, 4.69) is 40.6 Å². The molecule has 2 aromatic rings. The number of ether oxygens (including phenoxy) is 1. The molecule has 0 spiro atoms. The number of benzene rings is 2. The summed E-state index contributed by atoms with van der Waals surface area (Å²) >= 11 is 0. The molecule has 0 unspecified atom stereocenters. The zero-order valence-corrected chi connectivity index (χ0v) is 18.9. The standard InChI is InChI=1S/C26H27FN4O3/c27-20-3-6-23-19(13-20)15-30(26(33)28-23)16-25(32)31-14-17-11-22(24(31)12-17)18-1-4-21(5-2-18)29-7-9-34-10-8-29/h1-6,11,13,17,24H,7-10,12,14-16H2,(H,28,33)/t17-,24-/m1/s1. The number of morpholine rings is 1. The SMILES string of the molecule is O=C1Nc2ccc(F)cc2CN1CC(=O)N1C[C@@H]2C=C(c3ccc(N4CCOCC4)cc3)[C@H]1C2. The number of hydrogen-bond donors (Lipinski definition) is 1. The second-order valence-electron chi connectivity index (χ2n) is 9.41. The number of carbonyl (C=O) groups is 2. The summed E-state index contributed by atoms with van der Waals surface area (Å²) in [5.41, 5.74) is 4.80. The average molecular weight is 463 g/mol. The number of rotatable bonds is 4. The van der Waals surface area contributed by atoms with E-state index in [1.807, 2.05) is 4.90 Å². The Labute approximate surface area is 197 Å². The van der Waals surface area contributed by atoms with Crippen LogP contribution in [0.2, 0.25) is 0 Å². The molecule has 1 aliphatic carbocycles. The van der Waals surface area contributed by atoms with Gasteiger partial charge in [-0.05, 0) is 59.4 Å². The van der Waals surface area contributed by atoms with E-state index in [0.29, 0.717) is 23.7 Å². The van der Waals surface area contributed by atoms with Gasteiger partial charge in [0.05, 0.1) is 25.8 Å². The van der Waals surface area contributed by atoms with Crippen molar-refractivity contribution < 1.29 is 18.7 Å². The third-order valence-corrected chi connectivity index (χ3v) is 7.29. The number of nitrogens with one attached hydrogen (secondary N) is 1. The molecule has 7 nitrogen and oxygen atoms in total. The maximum Gasteiger partial charge on any atom is 0.322 e. The fraction of sp³-hybridized carbons (Fsp3) is 0.385. The molecule has 176 valence electrons. The Hall–Kier alpha value is -3.39. The van der Waals surface area contributed by atoms with Gasteiger partial charge in [0.1, 0.15) is 12.4 Å². The first-order chi connectivity index (χ1) is 16.5. The molecule has 2 atom stereocenters. The first-order valence-electron chi connectivity index (χ1n) is 11.8. The van der Waals surface area contributed by atoms with Crippen molar-refractivity contribution in [3.63, 3.8) is 0 Å². The highest BCUT2D eigenvalue weighted by Gasteiger charge is 2.42. The number of urea groups is 1. The molecule has 1 N–H and O–H groups in total. The van der Waals surface area contributed by atoms with Crippen molar-refractivity contribution >= 4 is 28.9 Å². The number of carbonyl (C=O) groups excluding carboxylic acids is 2. The first kappa shape index (κ1) is 21.2. The van der Waals surface area contributed by atoms with Crippen LogP contribution in [0.5, 0.6) is 0 Å². The Morgan fingerprint density at radius 3 is 2.68 bits per heavy atom. The minimum absolute atomic E-state index is 0.0196. The van der Waals surface area contributed by atoms with Crippen LogP contribution in [-0.2, 0) is 16.1 Å². The number of fused-ring (bicyclic) bond motifs is 3. The zero-order chi connectivity index (χ0) is 23.2. The van der Waals surface area contributed by atoms with Gasteiger partial charge in [-0.3, -0.25) is 4.79 Å². The van der Waals surface area contributed by atoms with Gasteiger partial charge in [0, 0.05) is 31.0 Å². The van der Waals surface area contributed by atoms with Crippen molar-refractivity contribution in [2.75, 3.05) is 49.6 Å². The van der Waals surface area contributed by atoms with Gasteiger partial charge >= 0.3 is 6.03 Å². The van der Waals surface area contributed by atoms with Crippen molar-refractivity contribution in [2.24, 2.45) is 5.92 Å². The van der Waals surface area contributed by atoms with Gasteiger partial charge in [-0.2, -0.15) is 0 Å². The van der Waals surface area contributed by atoms with Crippen LogP contribution in [0.3, 0.4) is 0 Å². The molecule has 2 aromatic carbocycles. The quantitative estimate of drug-likeness (QED) is 0.757. The molecule has 2 saturated heterocycles. The monoisotopic (exact) mass is 462 g/mol. The van der Waals surface area contributed by atoms with E-state index in [1.165, 1.54) is 28.3 Å². The molecule has 3 amide bonds. The highest BCUT2D eigenvalue weighted by Crippen LogP contribution is 2.42. The Morgan fingerprint density at radius 2 is 1.91 bits per heavy atom. The molecule has 0 aromatic heterocycles. The molecule has 6 rings (SSSR count). The highest BCUT2D eigenvalue weighted by atomic mass is 19.1. The van der Waals surface area contributed by atoms with Gasteiger partial charge in [-0.1, -0.05) is 18.2 Å². The zero-order valence-electron chi connectivity index (χ0n) is 18.9. The van der Waals surface area contributed by atoms with Gasteiger partial charge in [0.2, 0.25) is 5.91 Å². The minimum Gasteiger partial charge on any atom is -0.378 e. The summed E-state index contributed by atoms with van der Waals surface area (Å²) in [5, 5.41) is 2.76. The molecule has 3 aliphatic heterocycles. The summed E-state index contributed by atoms with van der Waals surface area (Å²) in [6, 6.07) is 12.6. The van der Waals surface area contributed by atoms with E-state index < -0.39 is 0 Å². The van der Waals surface area contributed by atoms with E-state index in [1.54, 1.807) is 6.07 Å². The van der Waals surface area contributed by atoms with Crippen LogP contribution >= 0.6 is 0 Å². The van der Waals surface area contributed by atoms with Crippen LogP contribution < -0.4 is 10.2 Å². The number of nitrogens with zero attached hydrogens (tertiary/aromatic N) is 3. The molecule has 3 heterocycles. The summed E-state index contributed by atoms with van der Waals surface area (Å²) in [6.45, 7) is 4.19. The molecule has 0 saturated carbocycles. The molecule has 34 heavy (non-hydrogen) atoms. The Balaban J connectivity index is 1.14. The average Bonchev–Trinajstić information content (AvgIpc) is 3.47. The molecular formula is C26H27FN4O3. The lowest BCUT2D eigenvalue weighted by Crippen LogP contribution is -2.48. The van der Waals surface area contributed by atoms with Crippen LogP contribution in [0.1, 0.15) is 17.5 Å². The predicted octanol–water partition coefficient (Wildman–Crippen LogP) is 3.32. The van der Waals surface area contributed by atoms with E-state index >= 15 is 0 Å². The van der Waals surface area contributed by atoms with Crippen LogP contribution in [0.25, 0.3) is 5.57 Å². The molecule has 2 bridgehead atoms. The summed E-state index contributed by atoms with van der Waals surface area (Å²) in [4.78, 5) is 31.5. The second kappa shape index (κ2) is 8.43. The Bertz CT molecular complexity index is 1160. The number of likely N-dealkylation sites (tertiary alicyclic amines) is 1. The largest absolute Gasteiger partial charge is 0.378 e. The lowest BCUT2D eigenvalue weighted by molar-refractivity contribution is -0.132. The van der Waals surface area contributed by atoms with E-state index in [4.69, 9.17) is 4.74 Å². The van der Waals surface area contributed by atoms with E-state index in [0.717, 1.165) is 38.3 Å². The summed E-state index contributed by atoms with van der Waals surface area (Å²) in [5.74, 6) is -0.0849. The topological polar surface area (TPSA) is 65.1 Å². The van der Waals surface area contributed by atoms with Crippen LogP contribution in [0.15, 0.2) is 48.5 Å². The van der Waals surface area contributed by atoms with Crippen molar-refractivity contribution in [3.05, 3.63) is 65.5 Å². The van der Waals surface area contributed by atoms with Gasteiger partial charge in [-0.15, -0.1) is 0 Å². The van der Waals surface area contributed by atoms with Crippen LogP contribution in [-0.4, -0.2) is 67.2 Å². The van der Waals surface area contributed by atoms with Gasteiger partial charge in [-0.25, -0.2) is 9.18 Å². The maximum absolute atomic E-state index is 13.6. The van der Waals surface area contributed by atoms with E-state index in [9.17, 15) is 14.0 Å². The van der Waals surface area contributed by atoms with Gasteiger partial charge in [0.15, 0.2) is 0 Å². The smallest absolute Gasteiger partial charge is 0.322 e. The van der Waals surface area contributed by atoms with Crippen molar-refractivity contribution in [2.45, 2.75) is 19.0 Å². The Kier molecular flexibility index (Phi) is 5.25. The number of amides is 3. The third-order valence-electron chi connectivity index (χ3n) is 7.29. The van der Waals surface area contributed by atoms with E-state index in [-0.39, 0.29) is 36.9 Å². The fourth-order valence-corrected chi connectivity index (χ4v) is 5.57. The lowest BCUT2D eigenvalue weighted by Gasteiger charge is -2.33. The normalized spacial score (nSPS) is 23.6. The van der Waals surface area contributed by atoms with Gasteiger partial charge in [0.25, 0.3) is 0 Å². The number of halogens is 1. The Morgan fingerprint density at radius 1 is 1.12 bits per heavy atom. The fourth-order valence-electron chi connectivity index (χ4n) is 5.57. The van der Waals surface area contributed by atoms with Crippen molar-refractivity contribution in [1.29, 1.82) is 0 Å². The minimum atomic E-state index is -0.354. The maximum atomic E-state index is 13.6. The van der Waals surface area contributed by atoms with Crippen LogP contribution in [0, 0.1) is 11.7 Å². The van der Waals surface area contributed by atoms with Crippen molar-refractivity contribution in [1.82, 2.24) is 9.80 Å². The number of hydrogen-bond acceptors (Lipinski definition) is 4. The molecule has 0 radical (unpaired) electrons. The van der Waals surface area contributed by atoms with Crippen LogP contribution in [0.4, 0.5) is 20.6 Å². The summed E-state index contributed by atoms with van der Waals surface area (Å²) < 4.78 is 19.1. The molecular weight excluding hydrogens is 435 g/mol. The summed E-state index contributed by atoms with van der Waals surface area (Å²) in [7, 11) is 0. The molecule has 4 aliphatic rings. The lowest BCUT2D eigenvalue weighted by atomic mass is 9.99. The third kappa shape index (κ3) is 3.81. The van der Waals surface area contributed by atoms with Crippen molar-refractivity contribution in [3.8, 4) is 0 Å². The number of anilines is 2. The molecule has 8 heteroatoms.